The summed E-state index contributed by atoms with van der Waals surface area (Å²) < 4.78 is 13.0. The number of rotatable bonds is 3. The zero-order chi connectivity index (χ0) is 13.8. The quantitative estimate of drug-likeness (QED) is 0.669. The highest BCUT2D eigenvalue weighted by Gasteiger charge is 2.22. The van der Waals surface area contributed by atoms with Gasteiger partial charge in [-0.15, -0.1) is 0 Å². The van der Waals surface area contributed by atoms with E-state index in [1.807, 2.05) is 0 Å². The lowest BCUT2D eigenvalue weighted by atomic mass is 9.91. The van der Waals surface area contributed by atoms with E-state index in [0.29, 0.717) is 12.8 Å². The van der Waals surface area contributed by atoms with E-state index in [9.17, 15) is 14.0 Å². The molecule has 7 heteroatoms. The fraction of sp³-hybridized carbons (Fsp3) is 0.500. The lowest BCUT2D eigenvalue weighted by molar-refractivity contribution is 0.185. The molecule has 0 aliphatic heterocycles. The smallest absolute Gasteiger partial charge is 0.404 e. The van der Waals surface area contributed by atoms with Crippen molar-refractivity contribution in [3.8, 4) is 0 Å². The summed E-state index contributed by atoms with van der Waals surface area (Å²) in [7, 11) is 0. The molecule has 4 N–H and O–H groups in total. The summed E-state index contributed by atoms with van der Waals surface area (Å²) in [5, 5.41) is 14.1. The van der Waals surface area contributed by atoms with E-state index < -0.39 is 11.9 Å². The van der Waals surface area contributed by atoms with Gasteiger partial charge in [0.15, 0.2) is 0 Å². The van der Waals surface area contributed by atoms with E-state index in [0.717, 1.165) is 19.0 Å². The molecule has 0 atom stereocenters. The number of amides is 1. The molecule has 1 aliphatic carbocycles. The molecule has 2 rings (SSSR count). The van der Waals surface area contributed by atoms with Gasteiger partial charge < -0.3 is 20.7 Å². The third-order valence-electron chi connectivity index (χ3n) is 3.28. The van der Waals surface area contributed by atoms with Crippen LogP contribution in [0, 0.1) is 5.82 Å². The van der Waals surface area contributed by atoms with Gasteiger partial charge in [0.1, 0.15) is 11.5 Å². The second-order valence-electron chi connectivity index (χ2n) is 4.70. The summed E-state index contributed by atoms with van der Waals surface area (Å²) in [6.07, 6.45) is 2.88. The fourth-order valence-corrected chi connectivity index (χ4v) is 2.34. The van der Waals surface area contributed by atoms with E-state index >= 15 is 0 Å². The van der Waals surface area contributed by atoms with Crippen LogP contribution in [0.25, 0.3) is 0 Å². The molecule has 1 aliphatic rings. The number of nitrogens with one attached hydrogen (secondary N) is 3. The molecule has 1 amide bonds. The number of halogens is 1. The summed E-state index contributed by atoms with van der Waals surface area (Å²) in [6, 6.07) is 1.19. The summed E-state index contributed by atoms with van der Waals surface area (Å²) >= 11 is 0. The normalized spacial score (nSPS) is 22.8. The van der Waals surface area contributed by atoms with E-state index in [4.69, 9.17) is 5.11 Å². The summed E-state index contributed by atoms with van der Waals surface area (Å²) in [6.45, 7) is 0. The Balaban J connectivity index is 1.90. The first-order valence-electron chi connectivity index (χ1n) is 6.19. The van der Waals surface area contributed by atoms with E-state index in [-0.39, 0.29) is 23.3 Å². The Labute approximate surface area is 109 Å². The maximum Gasteiger partial charge on any atom is 0.404 e. The fourth-order valence-electron chi connectivity index (χ4n) is 2.34. The first-order chi connectivity index (χ1) is 9.04. The molecular weight excluding hydrogens is 253 g/mol. The molecular formula is C12H16FN3O3. The lowest BCUT2D eigenvalue weighted by Gasteiger charge is -2.29. The zero-order valence-electron chi connectivity index (χ0n) is 10.3. The first kappa shape index (κ1) is 13.4. The molecule has 0 spiro atoms. The van der Waals surface area contributed by atoms with Gasteiger partial charge in [-0.2, -0.15) is 0 Å². The minimum Gasteiger partial charge on any atom is -0.465 e. The molecule has 0 aromatic carbocycles. The highest BCUT2D eigenvalue weighted by molar-refractivity contribution is 5.64. The molecule has 0 bridgehead atoms. The van der Waals surface area contributed by atoms with Gasteiger partial charge in [0.25, 0.3) is 5.56 Å². The van der Waals surface area contributed by atoms with Crippen molar-refractivity contribution in [2.75, 3.05) is 5.32 Å². The third-order valence-corrected chi connectivity index (χ3v) is 3.28. The van der Waals surface area contributed by atoms with Gasteiger partial charge in [0.2, 0.25) is 0 Å². The molecule has 1 fully saturated rings. The number of anilines is 1. The minimum absolute atomic E-state index is 0.0404. The Hall–Kier alpha value is -2.05. The molecule has 0 unspecified atom stereocenters. The molecule has 104 valence electrons. The maximum atomic E-state index is 13.0. The Morgan fingerprint density at radius 2 is 1.95 bits per heavy atom. The highest BCUT2D eigenvalue weighted by atomic mass is 19.1. The van der Waals surface area contributed by atoms with E-state index in [2.05, 4.69) is 15.6 Å². The van der Waals surface area contributed by atoms with Crippen LogP contribution in [0.4, 0.5) is 14.9 Å². The topological polar surface area (TPSA) is 94.2 Å². The Bertz CT molecular complexity index is 509. The second kappa shape index (κ2) is 5.73. The van der Waals surface area contributed by atoms with Crippen LogP contribution < -0.4 is 16.2 Å². The van der Waals surface area contributed by atoms with Crippen LogP contribution in [0.5, 0.6) is 0 Å². The third kappa shape index (κ3) is 3.70. The largest absolute Gasteiger partial charge is 0.465 e. The molecule has 0 radical (unpaired) electrons. The van der Waals surface area contributed by atoms with Crippen LogP contribution in [0.3, 0.4) is 0 Å². The number of carboxylic acid groups (broad SMARTS) is 1. The van der Waals surface area contributed by atoms with Crippen LogP contribution in [-0.2, 0) is 0 Å². The number of pyridine rings is 1. The van der Waals surface area contributed by atoms with Crippen molar-refractivity contribution in [1.29, 1.82) is 0 Å². The minimum atomic E-state index is -1.02. The molecule has 6 nitrogen and oxygen atoms in total. The molecule has 0 saturated heterocycles. The van der Waals surface area contributed by atoms with Gasteiger partial charge >= 0.3 is 6.09 Å². The Morgan fingerprint density at radius 1 is 1.32 bits per heavy atom. The molecule has 19 heavy (non-hydrogen) atoms. The summed E-state index contributed by atoms with van der Waals surface area (Å²) in [5.41, 5.74) is -0.137. The summed E-state index contributed by atoms with van der Waals surface area (Å²) in [5.74, 6) is -0.497. The van der Waals surface area contributed by atoms with Crippen LogP contribution in [-0.4, -0.2) is 28.3 Å². The van der Waals surface area contributed by atoms with Crippen LogP contribution in [0.1, 0.15) is 25.7 Å². The molecule has 1 saturated carbocycles. The number of hydrogen-bond donors (Lipinski definition) is 4. The maximum absolute atomic E-state index is 13.0. The summed E-state index contributed by atoms with van der Waals surface area (Å²) in [4.78, 5) is 24.3. The second-order valence-corrected chi connectivity index (χ2v) is 4.70. The Kier molecular flexibility index (Phi) is 4.03. The molecule has 1 heterocycles. The molecule has 1 aromatic heterocycles. The van der Waals surface area contributed by atoms with Gasteiger partial charge in [0, 0.05) is 24.3 Å². The van der Waals surface area contributed by atoms with Crippen LogP contribution >= 0.6 is 0 Å². The standard InChI is InChI=1S/C12H16FN3O3/c13-7-5-10(11(17)14-6-7)15-8-1-3-9(4-2-8)16-12(18)19/h5-6,8-9,15-16H,1-4H2,(H,14,17)(H,18,19). The number of aromatic nitrogens is 1. The van der Waals surface area contributed by atoms with Gasteiger partial charge in [-0.3, -0.25) is 4.79 Å². The number of aromatic amines is 1. The van der Waals surface area contributed by atoms with E-state index in [1.165, 1.54) is 6.07 Å². The average molecular weight is 269 g/mol. The first-order valence-corrected chi connectivity index (χ1v) is 6.19. The monoisotopic (exact) mass is 269 g/mol. The van der Waals surface area contributed by atoms with E-state index in [1.54, 1.807) is 0 Å². The van der Waals surface area contributed by atoms with Gasteiger partial charge in [-0.1, -0.05) is 0 Å². The highest BCUT2D eigenvalue weighted by Crippen LogP contribution is 2.21. The van der Waals surface area contributed by atoms with Gasteiger partial charge in [0.05, 0.1) is 0 Å². The van der Waals surface area contributed by atoms with Crippen molar-refractivity contribution in [3.63, 3.8) is 0 Å². The molecule has 1 aromatic rings. The predicted octanol–water partition coefficient (Wildman–Crippen LogP) is 1.50. The SMILES string of the molecule is O=C(O)NC1CCC(Nc2cc(F)c[nH]c2=O)CC1. The lowest BCUT2D eigenvalue weighted by Crippen LogP contribution is -2.39. The number of carbonyl (C=O) groups is 1. The van der Waals surface area contributed by atoms with Crippen molar-refractivity contribution in [3.05, 3.63) is 28.4 Å². The van der Waals surface area contributed by atoms with Gasteiger partial charge in [-0.25, -0.2) is 9.18 Å². The van der Waals surface area contributed by atoms with Crippen molar-refractivity contribution >= 4 is 11.8 Å². The van der Waals surface area contributed by atoms with Crippen molar-refractivity contribution in [1.82, 2.24) is 10.3 Å². The van der Waals surface area contributed by atoms with Crippen molar-refractivity contribution < 1.29 is 14.3 Å². The van der Waals surface area contributed by atoms with Crippen LogP contribution in [0.2, 0.25) is 0 Å². The number of hydrogen-bond acceptors (Lipinski definition) is 3. The average Bonchev–Trinajstić information content (AvgIpc) is 2.35. The zero-order valence-corrected chi connectivity index (χ0v) is 10.3. The van der Waals surface area contributed by atoms with Crippen LogP contribution in [0.15, 0.2) is 17.1 Å². The number of H-pyrrole nitrogens is 1. The van der Waals surface area contributed by atoms with Gasteiger partial charge in [-0.05, 0) is 25.7 Å². The Morgan fingerprint density at radius 3 is 2.58 bits per heavy atom. The van der Waals surface area contributed by atoms with Crippen molar-refractivity contribution in [2.45, 2.75) is 37.8 Å². The predicted molar refractivity (Wildman–Crippen MR) is 67.8 cm³/mol. The van der Waals surface area contributed by atoms with Crippen molar-refractivity contribution in [2.24, 2.45) is 0 Å².